The molecule has 0 aliphatic heterocycles. The van der Waals surface area contributed by atoms with E-state index in [-0.39, 0.29) is 17.4 Å². The molecule has 2 aliphatic rings. The Morgan fingerprint density at radius 2 is 2.24 bits per heavy atom. The largest absolute Gasteiger partial charge is 0.490 e. The smallest absolute Gasteiger partial charge is 0.188 e. The molecule has 1 heterocycles. The number of pyridine rings is 1. The molecule has 5 heteroatoms. The number of fused-ring (bicyclic) bond motifs is 2. The zero-order valence-electron chi connectivity index (χ0n) is 12.8. The molecule has 1 aromatic heterocycles. The Hall–Kier alpha value is -1.78. The highest BCUT2D eigenvalue weighted by Gasteiger charge is 2.62. The van der Waals surface area contributed by atoms with Gasteiger partial charge in [-0.3, -0.25) is 4.98 Å². The molecule has 0 aromatic carbocycles. The van der Waals surface area contributed by atoms with E-state index < -0.39 is 0 Å². The van der Waals surface area contributed by atoms with Crippen LogP contribution in [-0.2, 0) is 0 Å². The summed E-state index contributed by atoms with van der Waals surface area (Å²) >= 11 is 0. The molecule has 0 saturated heterocycles. The van der Waals surface area contributed by atoms with E-state index in [0.29, 0.717) is 11.1 Å². The third-order valence-electron chi connectivity index (χ3n) is 6.09. The first-order valence-electron chi connectivity index (χ1n) is 7.49. The molecule has 2 fully saturated rings. The Bertz CT molecular complexity index is 585. The van der Waals surface area contributed by atoms with Crippen molar-refractivity contribution in [3.8, 4) is 5.75 Å². The molecule has 1 aromatic rings. The van der Waals surface area contributed by atoms with Crippen LogP contribution < -0.4 is 10.5 Å². The van der Waals surface area contributed by atoms with Crippen LogP contribution in [0.3, 0.4) is 0 Å². The second-order valence-electron chi connectivity index (χ2n) is 7.08. The van der Waals surface area contributed by atoms with Crippen molar-refractivity contribution in [1.82, 2.24) is 4.98 Å². The van der Waals surface area contributed by atoms with Gasteiger partial charge in [-0.2, -0.15) is 0 Å². The van der Waals surface area contributed by atoms with Crippen LogP contribution in [0, 0.1) is 16.7 Å². The molecule has 0 radical (unpaired) electrons. The molecule has 3 unspecified atom stereocenters. The van der Waals surface area contributed by atoms with E-state index in [4.69, 9.17) is 15.7 Å². The molecule has 3 atom stereocenters. The van der Waals surface area contributed by atoms with Gasteiger partial charge in [-0.25, -0.2) is 0 Å². The number of nitrogens with zero attached hydrogens (tertiary/aromatic N) is 2. The number of amidine groups is 1. The molecule has 2 bridgehead atoms. The van der Waals surface area contributed by atoms with Gasteiger partial charge in [0, 0.05) is 17.7 Å². The molecule has 21 heavy (non-hydrogen) atoms. The van der Waals surface area contributed by atoms with Crippen molar-refractivity contribution < 1.29 is 9.94 Å². The number of rotatable bonds is 3. The maximum Gasteiger partial charge on any atom is 0.188 e. The number of aromatic nitrogens is 1. The quantitative estimate of drug-likeness (QED) is 0.388. The van der Waals surface area contributed by atoms with Crippen LogP contribution in [0.1, 0.15) is 45.7 Å². The first-order valence-corrected chi connectivity index (χ1v) is 7.49. The van der Waals surface area contributed by atoms with Gasteiger partial charge in [0.2, 0.25) is 0 Å². The van der Waals surface area contributed by atoms with Gasteiger partial charge in [-0.1, -0.05) is 25.9 Å². The van der Waals surface area contributed by atoms with Crippen LogP contribution in [0.5, 0.6) is 5.75 Å². The van der Waals surface area contributed by atoms with Crippen molar-refractivity contribution >= 4 is 5.84 Å². The summed E-state index contributed by atoms with van der Waals surface area (Å²) in [4.78, 5) is 4.08. The van der Waals surface area contributed by atoms with Gasteiger partial charge in [0.05, 0.1) is 0 Å². The van der Waals surface area contributed by atoms with Crippen LogP contribution >= 0.6 is 0 Å². The summed E-state index contributed by atoms with van der Waals surface area (Å²) in [5.41, 5.74) is 6.54. The highest BCUT2D eigenvalue weighted by atomic mass is 16.5. The summed E-state index contributed by atoms with van der Waals surface area (Å²) in [5, 5.41) is 11.7. The summed E-state index contributed by atoms with van der Waals surface area (Å²) in [5.74, 6) is 1.47. The van der Waals surface area contributed by atoms with E-state index in [1.54, 1.807) is 12.3 Å². The normalized spacial score (nSPS) is 34.1. The lowest BCUT2D eigenvalue weighted by Gasteiger charge is -2.38. The van der Waals surface area contributed by atoms with Crippen LogP contribution in [0.25, 0.3) is 0 Å². The molecule has 3 N–H and O–H groups in total. The molecular formula is C16H23N3O2. The molecule has 0 amide bonds. The van der Waals surface area contributed by atoms with E-state index in [2.05, 4.69) is 30.9 Å². The lowest BCUT2D eigenvalue weighted by Crippen LogP contribution is -2.38. The molecular weight excluding hydrogens is 266 g/mol. The predicted molar refractivity (Wildman–Crippen MR) is 80.4 cm³/mol. The van der Waals surface area contributed by atoms with Gasteiger partial charge < -0.3 is 15.7 Å². The van der Waals surface area contributed by atoms with Gasteiger partial charge in [0.15, 0.2) is 5.84 Å². The highest BCUT2D eigenvalue weighted by Crippen LogP contribution is 2.66. The van der Waals surface area contributed by atoms with Crippen molar-refractivity contribution in [3.05, 3.63) is 24.0 Å². The fourth-order valence-electron chi connectivity index (χ4n) is 4.15. The Kier molecular flexibility index (Phi) is 3.11. The first kappa shape index (κ1) is 14.2. The number of oxime groups is 1. The van der Waals surface area contributed by atoms with Crippen molar-refractivity contribution in [1.29, 1.82) is 0 Å². The van der Waals surface area contributed by atoms with Gasteiger partial charge in [0.25, 0.3) is 0 Å². The summed E-state index contributed by atoms with van der Waals surface area (Å²) in [6.07, 6.45) is 5.46. The minimum absolute atomic E-state index is 0.0000609. The lowest BCUT2D eigenvalue weighted by atomic mass is 9.70. The monoisotopic (exact) mass is 289 g/mol. The van der Waals surface area contributed by atoms with Crippen LogP contribution in [0.4, 0.5) is 0 Å². The molecule has 5 nitrogen and oxygen atoms in total. The standard InChI is InChI=1S/C16H23N3O2/c1-15(2)10-4-6-16(15,3)13(8-10)21-11-5-7-18-12(9-11)14(17)19-20/h5,7,9-10,13,20H,4,6,8H2,1-3H3,(H2,17,19). The number of hydrogen-bond donors (Lipinski definition) is 2. The minimum atomic E-state index is -0.0000609. The fraction of sp³-hybridized carbons (Fsp3) is 0.625. The summed E-state index contributed by atoms with van der Waals surface area (Å²) < 4.78 is 6.25. The van der Waals surface area contributed by atoms with Crippen molar-refractivity contribution in [2.24, 2.45) is 27.6 Å². The van der Waals surface area contributed by atoms with Crippen LogP contribution in [0.15, 0.2) is 23.5 Å². The van der Waals surface area contributed by atoms with Gasteiger partial charge in [-0.15, -0.1) is 0 Å². The number of nitrogens with two attached hydrogens (primary N) is 1. The third-order valence-corrected chi connectivity index (χ3v) is 6.09. The highest BCUT2D eigenvalue weighted by molar-refractivity contribution is 5.95. The maximum absolute atomic E-state index is 8.74. The predicted octanol–water partition coefficient (Wildman–Crippen LogP) is 2.77. The average molecular weight is 289 g/mol. The topological polar surface area (TPSA) is 80.7 Å². The Balaban J connectivity index is 1.83. The molecule has 3 rings (SSSR count). The maximum atomic E-state index is 8.74. The molecule has 114 valence electrons. The molecule has 0 spiro atoms. The molecule has 2 aliphatic carbocycles. The number of hydrogen-bond acceptors (Lipinski definition) is 4. The van der Waals surface area contributed by atoms with E-state index in [1.165, 1.54) is 12.8 Å². The zero-order valence-corrected chi connectivity index (χ0v) is 12.8. The van der Waals surface area contributed by atoms with Gasteiger partial charge >= 0.3 is 0 Å². The van der Waals surface area contributed by atoms with E-state index in [0.717, 1.165) is 18.1 Å². The summed E-state index contributed by atoms with van der Waals surface area (Å²) in [7, 11) is 0. The Labute approximate surface area is 125 Å². The second-order valence-corrected chi connectivity index (χ2v) is 7.08. The summed E-state index contributed by atoms with van der Waals surface area (Å²) in [6, 6.07) is 3.56. The average Bonchev–Trinajstić information content (AvgIpc) is 2.80. The van der Waals surface area contributed by atoms with Gasteiger partial charge in [-0.05, 0) is 36.7 Å². The van der Waals surface area contributed by atoms with E-state index in [1.807, 2.05) is 6.07 Å². The van der Waals surface area contributed by atoms with Crippen molar-refractivity contribution in [2.75, 3.05) is 0 Å². The Morgan fingerprint density at radius 3 is 2.81 bits per heavy atom. The van der Waals surface area contributed by atoms with Crippen molar-refractivity contribution in [3.63, 3.8) is 0 Å². The van der Waals surface area contributed by atoms with E-state index in [9.17, 15) is 0 Å². The summed E-state index contributed by atoms with van der Waals surface area (Å²) in [6.45, 7) is 7.07. The van der Waals surface area contributed by atoms with E-state index >= 15 is 0 Å². The van der Waals surface area contributed by atoms with Crippen molar-refractivity contribution in [2.45, 2.75) is 46.1 Å². The Morgan fingerprint density at radius 1 is 1.48 bits per heavy atom. The van der Waals surface area contributed by atoms with Crippen LogP contribution in [-0.4, -0.2) is 22.1 Å². The minimum Gasteiger partial charge on any atom is -0.490 e. The first-order chi connectivity index (χ1) is 9.88. The zero-order chi connectivity index (χ0) is 15.3. The van der Waals surface area contributed by atoms with Gasteiger partial charge in [0.1, 0.15) is 17.5 Å². The second kappa shape index (κ2) is 4.61. The third kappa shape index (κ3) is 1.98. The lowest BCUT2D eigenvalue weighted by molar-refractivity contribution is 0.0301. The SMILES string of the molecule is CC1(C)C2CCC1(C)C(Oc1ccnc(/C(N)=N/O)c1)C2. The van der Waals surface area contributed by atoms with Crippen LogP contribution in [0.2, 0.25) is 0 Å². The fourth-order valence-corrected chi connectivity index (χ4v) is 4.15. The number of ether oxygens (including phenoxy) is 1. The molecule has 2 saturated carbocycles.